The standard InChI is InChI=1S/C20H28N2O3/c1-15(2)20(23)21-11-16(3)25-19-7-5-6-17(10-19)12-22(4)13-18-8-9-24-14-18/h5-10,14-16H,11-13H2,1-4H3,(H,21,23)/t16-/m1/s1. The summed E-state index contributed by atoms with van der Waals surface area (Å²) < 4.78 is 11.0. The van der Waals surface area contributed by atoms with Crippen LogP contribution in [0.25, 0.3) is 0 Å². The monoisotopic (exact) mass is 344 g/mol. The maximum atomic E-state index is 11.6. The van der Waals surface area contributed by atoms with Crippen molar-refractivity contribution in [2.24, 2.45) is 5.92 Å². The summed E-state index contributed by atoms with van der Waals surface area (Å²) >= 11 is 0. The third-order valence-corrected chi connectivity index (χ3v) is 3.81. The molecule has 136 valence electrons. The van der Waals surface area contributed by atoms with E-state index in [9.17, 15) is 4.79 Å². The van der Waals surface area contributed by atoms with Crippen LogP contribution in [0.15, 0.2) is 47.3 Å². The first-order chi connectivity index (χ1) is 11.9. The quantitative estimate of drug-likeness (QED) is 0.757. The first-order valence-corrected chi connectivity index (χ1v) is 8.67. The average Bonchev–Trinajstić information content (AvgIpc) is 3.05. The minimum atomic E-state index is -0.0818. The van der Waals surface area contributed by atoms with Gasteiger partial charge in [-0.1, -0.05) is 26.0 Å². The summed E-state index contributed by atoms with van der Waals surface area (Å²) in [6.45, 7) is 7.87. The van der Waals surface area contributed by atoms with Crippen molar-refractivity contribution in [1.82, 2.24) is 10.2 Å². The molecule has 1 aromatic carbocycles. The number of amides is 1. The maximum absolute atomic E-state index is 11.6. The summed E-state index contributed by atoms with van der Waals surface area (Å²) in [4.78, 5) is 13.8. The lowest BCUT2D eigenvalue weighted by Crippen LogP contribution is -2.35. The second-order valence-corrected chi connectivity index (χ2v) is 6.78. The number of nitrogens with one attached hydrogen (secondary N) is 1. The smallest absolute Gasteiger partial charge is 0.222 e. The van der Waals surface area contributed by atoms with Crippen LogP contribution in [0, 0.1) is 5.92 Å². The molecule has 0 radical (unpaired) electrons. The molecule has 0 unspecified atom stereocenters. The molecular formula is C20H28N2O3. The second kappa shape index (κ2) is 9.28. The average molecular weight is 344 g/mol. The lowest BCUT2D eigenvalue weighted by molar-refractivity contribution is -0.124. The number of hydrogen-bond donors (Lipinski definition) is 1. The zero-order valence-electron chi connectivity index (χ0n) is 15.5. The molecule has 2 aromatic rings. The molecule has 0 fully saturated rings. The van der Waals surface area contributed by atoms with Gasteiger partial charge in [-0.2, -0.15) is 0 Å². The third-order valence-electron chi connectivity index (χ3n) is 3.81. The maximum Gasteiger partial charge on any atom is 0.222 e. The summed E-state index contributed by atoms with van der Waals surface area (Å²) in [7, 11) is 2.07. The van der Waals surface area contributed by atoms with Crippen LogP contribution in [0.2, 0.25) is 0 Å². The minimum Gasteiger partial charge on any atom is -0.489 e. The van der Waals surface area contributed by atoms with Gasteiger partial charge in [0, 0.05) is 24.6 Å². The fourth-order valence-corrected chi connectivity index (χ4v) is 2.50. The molecular weight excluding hydrogens is 316 g/mol. The van der Waals surface area contributed by atoms with Crippen LogP contribution in [0.3, 0.4) is 0 Å². The van der Waals surface area contributed by atoms with Gasteiger partial charge in [0.2, 0.25) is 5.91 Å². The van der Waals surface area contributed by atoms with E-state index >= 15 is 0 Å². The van der Waals surface area contributed by atoms with E-state index in [-0.39, 0.29) is 17.9 Å². The van der Waals surface area contributed by atoms with Crippen LogP contribution in [0.4, 0.5) is 0 Å². The Morgan fingerprint density at radius 1 is 1.20 bits per heavy atom. The van der Waals surface area contributed by atoms with Crippen molar-refractivity contribution in [1.29, 1.82) is 0 Å². The molecule has 5 nitrogen and oxygen atoms in total. The van der Waals surface area contributed by atoms with Crippen LogP contribution in [0.5, 0.6) is 5.75 Å². The van der Waals surface area contributed by atoms with Crippen molar-refractivity contribution in [3.8, 4) is 5.75 Å². The molecule has 0 saturated carbocycles. The molecule has 0 saturated heterocycles. The summed E-state index contributed by atoms with van der Waals surface area (Å²) in [5.41, 5.74) is 2.34. The number of carbonyl (C=O) groups excluding carboxylic acids is 1. The van der Waals surface area contributed by atoms with Crippen molar-refractivity contribution in [3.05, 3.63) is 54.0 Å². The van der Waals surface area contributed by atoms with Gasteiger partial charge in [-0.15, -0.1) is 0 Å². The lowest BCUT2D eigenvalue weighted by atomic mass is 10.2. The fourth-order valence-electron chi connectivity index (χ4n) is 2.50. The Bertz CT molecular complexity index is 653. The second-order valence-electron chi connectivity index (χ2n) is 6.78. The highest BCUT2D eigenvalue weighted by molar-refractivity contribution is 5.77. The number of nitrogens with zero attached hydrogens (tertiary/aromatic N) is 1. The SMILES string of the molecule is CC(C)C(=O)NC[C@@H](C)Oc1cccc(CN(C)Cc2ccoc2)c1. The number of ether oxygens (including phenoxy) is 1. The molecule has 1 atom stereocenters. The van der Waals surface area contributed by atoms with Gasteiger partial charge in [0.05, 0.1) is 19.1 Å². The number of rotatable bonds is 9. The summed E-state index contributed by atoms with van der Waals surface area (Å²) in [6.07, 6.45) is 3.38. The predicted octanol–water partition coefficient (Wildman–Crippen LogP) is 3.45. The molecule has 1 N–H and O–H groups in total. The molecule has 5 heteroatoms. The predicted molar refractivity (Wildman–Crippen MR) is 98.3 cm³/mol. The largest absolute Gasteiger partial charge is 0.489 e. The molecule has 0 spiro atoms. The van der Waals surface area contributed by atoms with E-state index in [0.29, 0.717) is 6.54 Å². The first kappa shape index (κ1) is 19.1. The van der Waals surface area contributed by atoms with Crippen LogP contribution in [-0.2, 0) is 17.9 Å². The zero-order chi connectivity index (χ0) is 18.2. The highest BCUT2D eigenvalue weighted by atomic mass is 16.5. The zero-order valence-corrected chi connectivity index (χ0v) is 15.5. The van der Waals surface area contributed by atoms with Crippen LogP contribution in [-0.4, -0.2) is 30.5 Å². The van der Waals surface area contributed by atoms with E-state index < -0.39 is 0 Å². The Balaban J connectivity index is 1.84. The molecule has 0 bridgehead atoms. The molecule has 0 aliphatic rings. The van der Waals surface area contributed by atoms with Gasteiger partial charge in [-0.3, -0.25) is 9.69 Å². The summed E-state index contributed by atoms with van der Waals surface area (Å²) in [5.74, 6) is 0.854. The highest BCUT2D eigenvalue weighted by Gasteiger charge is 2.10. The van der Waals surface area contributed by atoms with Crippen molar-refractivity contribution < 1.29 is 13.9 Å². The van der Waals surface area contributed by atoms with Gasteiger partial charge >= 0.3 is 0 Å². The van der Waals surface area contributed by atoms with E-state index in [1.807, 2.05) is 45.0 Å². The fraction of sp³-hybridized carbons (Fsp3) is 0.450. The van der Waals surface area contributed by atoms with Crippen molar-refractivity contribution in [3.63, 3.8) is 0 Å². The molecule has 0 aliphatic heterocycles. The van der Waals surface area contributed by atoms with Gasteiger partial charge in [0.1, 0.15) is 11.9 Å². The van der Waals surface area contributed by atoms with Gasteiger partial charge in [-0.25, -0.2) is 0 Å². The van der Waals surface area contributed by atoms with E-state index in [0.717, 1.165) is 24.4 Å². The summed E-state index contributed by atoms with van der Waals surface area (Å²) in [5, 5.41) is 2.89. The van der Waals surface area contributed by atoms with E-state index in [4.69, 9.17) is 9.15 Å². The number of carbonyl (C=O) groups is 1. The topological polar surface area (TPSA) is 54.7 Å². The Hall–Kier alpha value is -2.27. The van der Waals surface area contributed by atoms with E-state index in [2.05, 4.69) is 23.3 Å². The molecule has 1 aromatic heterocycles. The minimum absolute atomic E-state index is 0.0127. The van der Waals surface area contributed by atoms with Crippen molar-refractivity contribution >= 4 is 5.91 Å². The number of furan rings is 1. The van der Waals surface area contributed by atoms with Gasteiger partial charge in [-0.05, 0) is 37.7 Å². The van der Waals surface area contributed by atoms with Gasteiger partial charge in [0.25, 0.3) is 0 Å². The highest BCUT2D eigenvalue weighted by Crippen LogP contribution is 2.17. The van der Waals surface area contributed by atoms with E-state index in [1.165, 1.54) is 5.56 Å². The van der Waals surface area contributed by atoms with Crippen molar-refractivity contribution in [2.45, 2.75) is 40.0 Å². The van der Waals surface area contributed by atoms with Crippen molar-refractivity contribution in [2.75, 3.05) is 13.6 Å². The first-order valence-electron chi connectivity index (χ1n) is 8.67. The van der Waals surface area contributed by atoms with Crippen LogP contribution in [0.1, 0.15) is 31.9 Å². The summed E-state index contributed by atoms with van der Waals surface area (Å²) in [6, 6.07) is 10.1. The Morgan fingerprint density at radius 3 is 2.64 bits per heavy atom. The van der Waals surface area contributed by atoms with E-state index in [1.54, 1.807) is 12.5 Å². The number of benzene rings is 1. The van der Waals surface area contributed by atoms with Crippen LogP contribution >= 0.6 is 0 Å². The van der Waals surface area contributed by atoms with Gasteiger partial charge < -0.3 is 14.5 Å². The molecule has 1 heterocycles. The Labute approximate surface area is 150 Å². The normalized spacial score (nSPS) is 12.4. The number of hydrogen-bond acceptors (Lipinski definition) is 4. The molecule has 25 heavy (non-hydrogen) atoms. The molecule has 0 aliphatic carbocycles. The molecule has 1 amide bonds. The Morgan fingerprint density at radius 2 is 1.96 bits per heavy atom. The third kappa shape index (κ3) is 6.63. The van der Waals surface area contributed by atoms with Crippen LogP contribution < -0.4 is 10.1 Å². The molecule has 2 rings (SSSR count). The lowest BCUT2D eigenvalue weighted by Gasteiger charge is -2.19. The van der Waals surface area contributed by atoms with Gasteiger partial charge in [0.15, 0.2) is 0 Å². The Kier molecular flexibility index (Phi) is 7.07.